The second kappa shape index (κ2) is 6.77. The van der Waals surface area contributed by atoms with Crippen LogP contribution in [0.3, 0.4) is 0 Å². The lowest BCUT2D eigenvalue weighted by Crippen LogP contribution is -2.35. The van der Waals surface area contributed by atoms with Crippen LogP contribution in [0, 0.1) is 0 Å². The van der Waals surface area contributed by atoms with Crippen molar-refractivity contribution in [2.24, 2.45) is 0 Å². The standard InChI is InChI=1S/C19H25N5/c1-2-10-24-12-9-20-18(24)14-23-11-5-6-15(13-23)19-21-16-7-3-4-8-17(16)22-19/h3-4,7-9,12,15H,2,5-6,10-11,13-14H2,1H3,(H,21,22). The summed E-state index contributed by atoms with van der Waals surface area (Å²) in [5.74, 6) is 2.81. The number of nitrogens with one attached hydrogen (secondary N) is 1. The van der Waals surface area contributed by atoms with Crippen molar-refractivity contribution in [3.05, 3.63) is 48.3 Å². The van der Waals surface area contributed by atoms with E-state index in [1.54, 1.807) is 0 Å². The zero-order chi connectivity index (χ0) is 16.4. The molecule has 1 fully saturated rings. The molecule has 1 unspecified atom stereocenters. The van der Waals surface area contributed by atoms with Crippen LogP contribution in [0.1, 0.15) is 43.8 Å². The molecule has 0 radical (unpaired) electrons. The van der Waals surface area contributed by atoms with Crippen molar-refractivity contribution in [2.75, 3.05) is 13.1 Å². The van der Waals surface area contributed by atoms with Crippen molar-refractivity contribution >= 4 is 11.0 Å². The Hall–Kier alpha value is -2.14. The number of fused-ring (bicyclic) bond motifs is 1. The van der Waals surface area contributed by atoms with Gasteiger partial charge in [-0.1, -0.05) is 19.1 Å². The summed E-state index contributed by atoms with van der Waals surface area (Å²) in [6, 6.07) is 8.30. The van der Waals surface area contributed by atoms with Gasteiger partial charge in [-0.15, -0.1) is 0 Å². The van der Waals surface area contributed by atoms with Gasteiger partial charge in [-0.2, -0.15) is 0 Å². The fourth-order valence-corrected chi connectivity index (χ4v) is 3.72. The van der Waals surface area contributed by atoms with Crippen LogP contribution in [0.4, 0.5) is 0 Å². The molecule has 4 rings (SSSR count). The van der Waals surface area contributed by atoms with E-state index in [0.29, 0.717) is 5.92 Å². The van der Waals surface area contributed by atoms with Crippen LogP contribution in [-0.4, -0.2) is 37.5 Å². The zero-order valence-electron chi connectivity index (χ0n) is 14.3. The minimum absolute atomic E-state index is 0.487. The van der Waals surface area contributed by atoms with E-state index >= 15 is 0 Å². The molecule has 3 aromatic rings. The first-order valence-electron chi connectivity index (χ1n) is 9.00. The SMILES string of the molecule is CCCn1ccnc1CN1CCCC(c2nc3ccccc3[nH]2)C1. The van der Waals surface area contributed by atoms with Crippen LogP contribution >= 0.6 is 0 Å². The van der Waals surface area contributed by atoms with Crippen LogP contribution in [0.5, 0.6) is 0 Å². The van der Waals surface area contributed by atoms with E-state index in [0.717, 1.165) is 49.5 Å². The quantitative estimate of drug-likeness (QED) is 0.781. The Morgan fingerprint density at radius 3 is 3.08 bits per heavy atom. The normalized spacial score (nSPS) is 19.1. The molecule has 24 heavy (non-hydrogen) atoms. The third kappa shape index (κ3) is 3.08. The summed E-state index contributed by atoms with van der Waals surface area (Å²) in [5, 5.41) is 0. The van der Waals surface area contributed by atoms with Crippen molar-refractivity contribution in [3.63, 3.8) is 0 Å². The number of aromatic nitrogens is 4. The Morgan fingerprint density at radius 1 is 1.29 bits per heavy atom. The van der Waals surface area contributed by atoms with Gasteiger partial charge in [0, 0.05) is 31.4 Å². The second-order valence-corrected chi connectivity index (χ2v) is 6.75. The number of likely N-dealkylation sites (tertiary alicyclic amines) is 1. The number of para-hydroxylation sites is 2. The van der Waals surface area contributed by atoms with Gasteiger partial charge in [-0.3, -0.25) is 4.90 Å². The van der Waals surface area contributed by atoms with Gasteiger partial charge < -0.3 is 9.55 Å². The molecule has 1 atom stereocenters. The molecule has 0 aliphatic carbocycles. The molecule has 0 spiro atoms. The van der Waals surface area contributed by atoms with Gasteiger partial charge in [0.25, 0.3) is 0 Å². The number of aryl methyl sites for hydroxylation is 1. The number of nitrogens with zero attached hydrogens (tertiary/aromatic N) is 4. The van der Waals surface area contributed by atoms with Gasteiger partial charge in [0.15, 0.2) is 0 Å². The fraction of sp³-hybridized carbons (Fsp3) is 0.474. The topological polar surface area (TPSA) is 49.7 Å². The molecule has 0 amide bonds. The monoisotopic (exact) mass is 323 g/mol. The molecule has 1 aromatic carbocycles. The van der Waals surface area contributed by atoms with Gasteiger partial charge in [0.05, 0.1) is 17.6 Å². The van der Waals surface area contributed by atoms with Crippen LogP contribution in [0.25, 0.3) is 11.0 Å². The summed E-state index contributed by atoms with van der Waals surface area (Å²) in [5.41, 5.74) is 2.21. The van der Waals surface area contributed by atoms with Gasteiger partial charge in [-0.05, 0) is 37.9 Å². The van der Waals surface area contributed by atoms with Crippen molar-refractivity contribution in [3.8, 4) is 0 Å². The van der Waals surface area contributed by atoms with Crippen LogP contribution in [-0.2, 0) is 13.1 Å². The lowest BCUT2D eigenvalue weighted by atomic mass is 9.97. The number of benzene rings is 1. The van der Waals surface area contributed by atoms with Gasteiger partial charge in [-0.25, -0.2) is 9.97 Å². The molecule has 1 saturated heterocycles. The summed E-state index contributed by atoms with van der Waals surface area (Å²) < 4.78 is 2.28. The minimum atomic E-state index is 0.487. The molecule has 1 N–H and O–H groups in total. The van der Waals surface area contributed by atoms with E-state index in [2.05, 4.69) is 50.8 Å². The van der Waals surface area contributed by atoms with Crippen molar-refractivity contribution < 1.29 is 0 Å². The molecule has 5 nitrogen and oxygen atoms in total. The smallest absolute Gasteiger partial charge is 0.122 e. The molecule has 0 bridgehead atoms. The summed E-state index contributed by atoms with van der Waals surface area (Å²) in [6.45, 7) is 6.40. The van der Waals surface area contributed by atoms with E-state index < -0.39 is 0 Å². The third-order valence-corrected chi connectivity index (χ3v) is 4.93. The molecular weight excluding hydrogens is 298 g/mol. The number of aromatic amines is 1. The van der Waals surface area contributed by atoms with E-state index in [-0.39, 0.29) is 0 Å². The van der Waals surface area contributed by atoms with E-state index in [1.807, 2.05) is 12.3 Å². The largest absolute Gasteiger partial charge is 0.342 e. The van der Waals surface area contributed by atoms with Crippen LogP contribution in [0.15, 0.2) is 36.7 Å². The van der Waals surface area contributed by atoms with Crippen molar-refractivity contribution in [1.82, 2.24) is 24.4 Å². The number of piperidine rings is 1. The predicted molar refractivity (Wildman–Crippen MR) is 95.9 cm³/mol. The summed E-state index contributed by atoms with van der Waals surface area (Å²) >= 11 is 0. The highest BCUT2D eigenvalue weighted by atomic mass is 15.2. The predicted octanol–water partition coefficient (Wildman–Crippen LogP) is 3.55. The highest BCUT2D eigenvalue weighted by molar-refractivity contribution is 5.74. The number of H-pyrrole nitrogens is 1. The molecule has 0 saturated carbocycles. The maximum Gasteiger partial charge on any atom is 0.122 e. The number of hydrogen-bond acceptors (Lipinski definition) is 3. The summed E-state index contributed by atoms with van der Waals surface area (Å²) in [4.78, 5) is 15.4. The maximum absolute atomic E-state index is 4.81. The van der Waals surface area contributed by atoms with Crippen molar-refractivity contribution in [1.29, 1.82) is 0 Å². The molecule has 5 heteroatoms. The molecule has 1 aliphatic heterocycles. The van der Waals surface area contributed by atoms with E-state index in [4.69, 9.17) is 4.98 Å². The highest BCUT2D eigenvalue weighted by Gasteiger charge is 2.24. The number of hydrogen-bond donors (Lipinski definition) is 1. The molecule has 3 heterocycles. The Labute approximate surface area is 142 Å². The Bertz CT molecular complexity index is 770. The van der Waals surface area contributed by atoms with Gasteiger partial charge in [0.1, 0.15) is 11.6 Å². The van der Waals surface area contributed by atoms with Gasteiger partial charge in [0.2, 0.25) is 0 Å². The summed E-state index contributed by atoms with van der Waals surface area (Å²) in [7, 11) is 0. The van der Waals surface area contributed by atoms with Crippen LogP contribution < -0.4 is 0 Å². The lowest BCUT2D eigenvalue weighted by Gasteiger charge is -2.31. The van der Waals surface area contributed by atoms with Gasteiger partial charge >= 0.3 is 0 Å². The molecule has 126 valence electrons. The first kappa shape index (κ1) is 15.4. The zero-order valence-corrected chi connectivity index (χ0v) is 14.3. The van der Waals surface area contributed by atoms with E-state index in [9.17, 15) is 0 Å². The maximum atomic E-state index is 4.81. The number of rotatable bonds is 5. The fourth-order valence-electron chi connectivity index (χ4n) is 3.72. The number of imidazole rings is 2. The van der Waals surface area contributed by atoms with Crippen molar-refractivity contribution in [2.45, 2.75) is 45.2 Å². The van der Waals surface area contributed by atoms with E-state index in [1.165, 1.54) is 18.7 Å². The average Bonchev–Trinajstić information content (AvgIpc) is 3.22. The first-order valence-corrected chi connectivity index (χ1v) is 9.00. The summed E-state index contributed by atoms with van der Waals surface area (Å²) in [6.07, 6.45) is 7.59. The molecule has 2 aromatic heterocycles. The third-order valence-electron chi connectivity index (χ3n) is 4.93. The first-order chi connectivity index (χ1) is 11.8. The van der Waals surface area contributed by atoms with Crippen LogP contribution in [0.2, 0.25) is 0 Å². The Balaban J connectivity index is 1.48. The second-order valence-electron chi connectivity index (χ2n) is 6.75. The highest BCUT2D eigenvalue weighted by Crippen LogP contribution is 2.27. The minimum Gasteiger partial charge on any atom is -0.342 e. The molecule has 1 aliphatic rings. The average molecular weight is 323 g/mol. The lowest BCUT2D eigenvalue weighted by molar-refractivity contribution is 0.190. The molecular formula is C19H25N5. The Morgan fingerprint density at radius 2 is 2.21 bits per heavy atom. The Kier molecular flexibility index (Phi) is 4.34.